The molecule has 166 valence electrons. The quantitative estimate of drug-likeness (QED) is 0.234. The summed E-state index contributed by atoms with van der Waals surface area (Å²) in [5.74, 6) is 0.822. The van der Waals surface area contributed by atoms with Crippen molar-refractivity contribution in [2.75, 3.05) is 25.0 Å². The first kappa shape index (κ1) is 24.4. The molecular weight excluding hydrogens is 509 g/mol. The Balaban J connectivity index is 0.00000341. The minimum atomic E-state index is -0.518. The van der Waals surface area contributed by atoms with E-state index in [9.17, 15) is 9.59 Å². The summed E-state index contributed by atoms with van der Waals surface area (Å²) in [7, 11) is 0. The molecule has 3 rings (SSSR count). The number of carbonyl (C=O) groups excluding carboxylic acids is 2. The van der Waals surface area contributed by atoms with Crippen molar-refractivity contribution in [2.45, 2.75) is 25.8 Å². The molecule has 0 spiro atoms. The van der Waals surface area contributed by atoms with Crippen molar-refractivity contribution in [3.63, 3.8) is 0 Å². The second-order valence-electron chi connectivity index (χ2n) is 7.01. The number of nitrogens with one attached hydrogen (secondary N) is 3. The highest BCUT2D eigenvalue weighted by Crippen LogP contribution is 2.31. The smallest absolute Gasteiger partial charge is 0.255 e. The molecule has 5 N–H and O–H groups in total. The molecule has 0 bridgehead atoms. The second-order valence-corrected chi connectivity index (χ2v) is 7.01. The van der Waals surface area contributed by atoms with Gasteiger partial charge in [-0.25, -0.2) is 4.99 Å². The molecule has 1 atom stereocenters. The Hall–Kier alpha value is -2.82. The van der Waals surface area contributed by atoms with Crippen LogP contribution in [0, 0.1) is 0 Å². The van der Waals surface area contributed by atoms with Gasteiger partial charge in [-0.05, 0) is 36.2 Å². The zero-order chi connectivity index (χ0) is 21.3. The molecule has 1 heterocycles. The number of nitrogens with zero attached hydrogens (tertiary/aromatic N) is 1. The number of hydrogen-bond donors (Lipinski definition) is 4. The van der Waals surface area contributed by atoms with Gasteiger partial charge in [-0.15, -0.1) is 24.0 Å². The molecule has 2 aromatic rings. The van der Waals surface area contributed by atoms with E-state index in [0.29, 0.717) is 31.2 Å². The van der Waals surface area contributed by atoms with E-state index in [4.69, 9.17) is 10.5 Å². The summed E-state index contributed by atoms with van der Waals surface area (Å²) in [5.41, 5.74) is 8.05. The molecule has 1 unspecified atom stereocenters. The third-order valence-corrected chi connectivity index (χ3v) is 4.67. The van der Waals surface area contributed by atoms with E-state index >= 15 is 0 Å². The lowest BCUT2D eigenvalue weighted by Gasteiger charge is -2.26. The summed E-state index contributed by atoms with van der Waals surface area (Å²) >= 11 is 0. The van der Waals surface area contributed by atoms with Gasteiger partial charge in [-0.3, -0.25) is 9.59 Å². The lowest BCUT2D eigenvalue weighted by atomic mass is 9.90. The molecule has 0 fully saturated rings. The Bertz CT molecular complexity index is 935. The number of carbonyl (C=O) groups is 2. The monoisotopic (exact) mass is 537 g/mol. The number of aliphatic imine (C=N–C) groups is 1. The molecule has 2 aromatic carbocycles. The summed E-state index contributed by atoms with van der Waals surface area (Å²) < 4.78 is 5.34. The molecule has 1 aliphatic rings. The molecule has 0 aliphatic carbocycles. The predicted molar refractivity (Wildman–Crippen MR) is 132 cm³/mol. The van der Waals surface area contributed by atoms with Crippen LogP contribution in [0.1, 0.15) is 30.4 Å². The first-order valence-electron chi connectivity index (χ1n) is 9.96. The van der Waals surface area contributed by atoms with Crippen LogP contribution in [0.3, 0.4) is 0 Å². The molecule has 0 saturated carbocycles. The van der Waals surface area contributed by atoms with Gasteiger partial charge in [0.25, 0.3) is 5.91 Å². The van der Waals surface area contributed by atoms with Gasteiger partial charge in [0.2, 0.25) is 5.91 Å². The van der Waals surface area contributed by atoms with Gasteiger partial charge >= 0.3 is 0 Å². The number of anilines is 1. The van der Waals surface area contributed by atoms with E-state index in [1.165, 1.54) is 0 Å². The summed E-state index contributed by atoms with van der Waals surface area (Å²) in [6.45, 7) is 3.59. The zero-order valence-corrected chi connectivity index (χ0v) is 19.7. The van der Waals surface area contributed by atoms with Crippen molar-refractivity contribution < 1.29 is 14.3 Å². The average molecular weight is 537 g/mol. The average Bonchev–Trinajstić information content (AvgIpc) is 2.74. The van der Waals surface area contributed by atoms with Gasteiger partial charge in [0.15, 0.2) is 12.6 Å². The number of benzene rings is 2. The normalized spacial score (nSPS) is 15.2. The second kappa shape index (κ2) is 12.1. The first-order valence-corrected chi connectivity index (χ1v) is 9.96. The van der Waals surface area contributed by atoms with E-state index in [1.807, 2.05) is 49.4 Å². The van der Waals surface area contributed by atoms with Crippen LogP contribution in [0.25, 0.3) is 0 Å². The predicted octanol–water partition coefficient (Wildman–Crippen LogP) is 2.35. The number of nitrogens with two attached hydrogens (primary N) is 1. The summed E-state index contributed by atoms with van der Waals surface area (Å²) in [6.07, 6.45) is 0.433. The Morgan fingerprint density at radius 1 is 1.23 bits per heavy atom. The Labute approximate surface area is 199 Å². The van der Waals surface area contributed by atoms with E-state index < -0.39 is 5.91 Å². The topological polar surface area (TPSA) is 118 Å². The standard InChI is InChI=1S/C22H27N5O3.HI/c1-2-24-22(25-12-15-6-5-7-17(10-15)30-14-20(23)28)26-13-16-11-21(29)27-19-9-4-3-8-18(16)19;/h3-10,16H,2,11-14H2,1H3,(H2,23,28)(H,27,29)(H2,24,25,26);1H. The highest BCUT2D eigenvalue weighted by molar-refractivity contribution is 14.0. The van der Waals surface area contributed by atoms with Crippen LogP contribution >= 0.6 is 24.0 Å². The van der Waals surface area contributed by atoms with Crippen LogP contribution in [0.15, 0.2) is 53.5 Å². The van der Waals surface area contributed by atoms with Gasteiger partial charge in [0.1, 0.15) is 5.75 Å². The van der Waals surface area contributed by atoms with Crippen LogP contribution in [0.4, 0.5) is 5.69 Å². The molecule has 2 amide bonds. The molecule has 9 heteroatoms. The maximum atomic E-state index is 12.0. The fourth-order valence-electron chi connectivity index (χ4n) is 3.30. The molecule has 8 nitrogen and oxygen atoms in total. The lowest BCUT2D eigenvalue weighted by molar-refractivity contribution is -0.120. The number of fused-ring (bicyclic) bond motifs is 1. The number of rotatable bonds is 8. The van der Waals surface area contributed by atoms with E-state index in [1.54, 1.807) is 6.07 Å². The van der Waals surface area contributed by atoms with Crippen molar-refractivity contribution in [1.82, 2.24) is 10.6 Å². The number of guanidine groups is 1. The minimum absolute atomic E-state index is 0. The van der Waals surface area contributed by atoms with Crippen LogP contribution in [-0.2, 0) is 16.1 Å². The van der Waals surface area contributed by atoms with Gasteiger partial charge in [0, 0.05) is 31.1 Å². The Kier molecular flexibility index (Phi) is 9.57. The Morgan fingerprint density at radius 2 is 2.03 bits per heavy atom. The largest absolute Gasteiger partial charge is 0.484 e. The highest BCUT2D eigenvalue weighted by atomic mass is 127. The third-order valence-electron chi connectivity index (χ3n) is 4.67. The van der Waals surface area contributed by atoms with Gasteiger partial charge in [0.05, 0.1) is 6.54 Å². The number of halogens is 1. The SMILES string of the molecule is CCNC(=NCc1cccc(OCC(N)=O)c1)NCC1CC(=O)Nc2ccccc21.I. The molecule has 0 saturated heterocycles. The molecule has 31 heavy (non-hydrogen) atoms. The molecule has 0 radical (unpaired) electrons. The van der Waals surface area contributed by atoms with Crippen LogP contribution in [0.5, 0.6) is 5.75 Å². The summed E-state index contributed by atoms with van der Waals surface area (Å²) in [6, 6.07) is 15.3. The zero-order valence-electron chi connectivity index (χ0n) is 17.4. The fourth-order valence-corrected chi connectivity index (χ4v) is 3.30. The fraction of sp³-hybridized carbons (Fsp3) is 0.318. The lowest BCUT2D eigenvalue weighted by Crippen LogP contribution is -2.40. The first-order chi connectivity index (χ1) is 14.5. The van der Waals surface area contributed by atoms with E-state index in [2.05, 4.69) is 20.9 Å². The van der Waals surface area contributed by atoms with Crippen molar-refractivity contribution >= 4 is 47.4 Å². The van der Waals surface area contributed by atoms with Gasteiger partial charge in [-0.2, -0.15) is 0 Å². The minimum Gasteiger partial charge on any atom is -0.484 e. The van der Waals surface area contributed by atoms with Crippen molar-refractivity contribution in [3.05, 3.63) is 59.7 Å². The number of primary amides is 1. The third kappa shape index (κ3) is 7.42. The van der Waals surface area contributed by atoms with Gasteiger partial charge < -0.3 is 26.4 Å². The maximum Gasteiger partial charge on any atom is 0.255 e. The van der Waals surface area contributed by atoms with Crippen LogP contribution in [-0.4, -0.2) is 37.5 Å². The van der Waals surface area contributed by atoms with Crippen LogP contribution in [0.2, 0.25) is 0 Å². The van der Waals surface area contributed by atoms with Crippen molar-refractivity contribution in [2.24, 2.45) is 10.7 Å². The summed E-state index contributed by atoms with van der Waals surface area (Å²) in [5, 5.41) is 9.49. The van der Waals surface area contributed by atoms with E-state index in [-0.39, 0.29) is 42.4 Å². The molecule has 0 aromatic heterocycles. The Morgan fingerprint density at radius 3 is 2.81 bits per heavy atom. The summed E-state index contributed by atoms with van der Waals surface area (Å²) in [4.78, 5) is 27.5. The van der Waals surface area contributed by atoms with Crippen LogP contribution < -0.4 is 26.4 Å². The molecular formula is C22H28IN5O3. The number of para-hydroxylation sites is 1. The van der Waals surface area contributed by atoms with E-state index in [0.717, 1.165) is 23.4 Å². The number of ether oxygens (including phenoxy) is 1. The van der Waals surface area contributed by atoms with Gasteiger partial charge in [-0.1, -0.05) is 30.3 Å². The number of hydrogen-bond acceptors (Lipinski definition) is 4. The highest BCUT2D eigenvalue weighted by Gasteiger charge is 2.24. The van der Waals surface area contributed by atoms with Crippen molar-refractivity contribution in [3.8, 4) is 5.75 Å². The van der Waals surface area contributed by atoms with Crippen molar-refractivity contribution in [1.29, 1.82) is 0 Å². The number of amides is 2. The molecule has 1 aliphatic heterocycles. The maximum absolute atomic E-state index is 12.0.